The number of hydrogen-bond donors (Lipinski definition) is 3. The van der Waals surface area contributed by atoms with Crippen molar-refractivity contribution < 1.29 is 17.9 Å². The Morgan fingerprint density at radius 2 is 1.97 bits per heavy atom. The van der Waals surface area contributed by atoms with Gasteiger partial charge in [-0.25, -0.2) is 23.3 Å². The molecule has 1 saturated carbocycles. The number of benzene rings is 1. The van der Waals surface area contributed by atoms with Crippen molar-refractivity contribution in [3.63, 3.8) is 0 Å². The first-order valence-electron chi connectivity index (χ1n) is 12.5. The second-order valence-corrected chi connectivity index (χ2v) is 12.1. The Morgan fingerprint density at radius 3 is 2.59 bits per heavy atom. The van der Waals surface area contributed by atoms with Gasteiger partial charge in [-0.2, -0.15) is 5.10 Å². The Labute approximate surface area is 221 Å². The maximum Gasteiger partial charge on any atom is 0.407 e. The molecule has 37 heavy (non-hydrogen) atoms. The van der Waals surface area contributed by atoms with Crippen molar-refractivity contribution in [2.24, 2.45) is 5.14 Å². The zero-order chi connectivity index (χ0) is 26.7. The number of carbonyl (C=O) groups is 1. The molecule has 10 nitrogen and oxygen atoms in total. The Balaban J connectivity index is 1.52. The molecule has 0 spiro atoms. The van der Waals surface area contributed by atoms with Gasteiger partial charge in [0.2, 0.25) is 10.0 Å². The van der Waals surface area contributed by atoms with Gasteiger partial charge in [-0.3, -0.25) is 4.68 Å². The van der Waals surface area contributed by atoms with Gasteiger partial charge in [0.25, 0.3) is 0 Å². The van der Waals surface area contributed by atoms with Crippen LogP contribution in [0.4, 0.5) is 16.3 Å². The van der Waals surface area contributed by atoms with Crippen molar-refractivity contribution >= 4 is 39.0 Å². The smallest absolute Gasteiger partial charge is 0.407 e. The summed E-state index contributed by atoms with van der Waals surface area (Å²) in [6.45, 7) is 8.26. The molecular formula is C25H34N6O4S2. The topological polar surface area (TPSA) is 141 Å². The molecule has 0 saturated heterocycles. The van der Waals surface area contributed by atoms with E-state index >= 15 is 0 Å². The fourth-order valence-electron chi connectivity index (χ4n) is 4.52. The number of carbonyl (C=O) groups excluding carboxylic acids is 1. The largest absolute Gasteiger partial charge is 0.447 e. The first-order valence-corrected chi connectivity index (χ1v) is 14.8. The molecular weight excluding hydrogens is 512 g/mol. The third kappa shape index (κ3) is 6.68. The number of ether oxygens (including phenoxy) is 1. The van der Waals surface area contributed by atoms with E-state index in [1.165, 1.54) is 11.3 Å². The summed E-state index contributed by atoms with van der Waals surface area (Å²) in [6, 6.07) is 7.04. The van der Waals surface area contributed by atoms with E-state index in [2.05, 4.69) is 15.7 Å². The van der Waals surface area contributed by atoms with Crippen LogP contribution in [0.15, 0.2) is 35.4 Å². The standard InChI is InChI=1S/C25H34N6O4S2/c1-5-31-13-12-22(30-31)28-19-10-11-20(21(14-19)37(26,33)34)23-16(4)27-24(36-23)17-6-8-18(9-7-17)29-25(32)35-15(2)3/h10-15,17-18H,5-9H2,1-4H3,(H,28,30)(H,29,32)(H2,26,33,34)/t17-,18-. The second-order valence-electron chi connectivity index (χ2n) is 9.55. The number of nitrogens with zero attached hydrogens (tertiary/aromatic N) is 3. The van der Waals surface area contributed by atoms with Gasteiger partial charge in [-0.15, -0.1) is 11.3 Å². The van der Waals surface area contributed by atoms with Gasteiger partial charge < -0.3 is 15.4 Å². The van der Waals surface area contributed by atoms with E-state index in [1.807, 2.05) is 46.0 Å². The molecule has 1 amide bonds. The van der Waals surface area contributed by atoms with Gasteiger partial charge in [0.15, 0.2) is 5.82 Å². The third-order valence-corrected chi connectivity index (χ3v) is 8.63. The van der Waals surface area contributed by atoms with Crippen LogP contribution in [0.25, 0.3) is 10.4 Å². The minimum atomic E-state index is -3.99. The highest BCUT2D eigenvalue weighted by Crippen LogP contribution is 2.41. The highest BCUT2D eigenvalue weighted by Gasteiger charge is 2.28. The fraction of sp³-hybridized carbons (Fsp3) is 0.480. The van der Waals surface area contributed by atoms with E-state index in [-0.39, 0.29) is 29.1 Å². The Kier molecular flexibility index (Phi) is 8.20. The molecule has 2 heterocycles. The molecule has 4 N–H and O–H groups in total. The summed E-state index contributed by atoms with van der Waals surface area (Å²) in [6.07, 6.45) is 4.76. The van der Waals surface area contributed by atoms with Crippen LogP contribution < -0.4 is 15.8 Å². The lowest BCUT2D eigenvalue weighted by Gasteiger charge is -2.28. The lowest BCUT2D eigenvalue weighted by Crippen LogP contribution is -2.38. The SMILES string of the molecule is CCn1ccc(Nc2ccc(-c3sc([C@H]4CC[C@H](NC(=O)OC(C)C)CC4)nc3C)c(S(N)(=O)=O)c2)n1. The number of amides is 1. The van der Waals surface area contributed by atoms with Crippen LogP contribution in [0.3, 0.4) is 0 Å². The Hall–Kier alpha value is -2.96. The summed E-state index contributed by atoms with van der Waals surface area (Å²) in [5.74, 6) is 0.873. The number of nitrogens with two attached hydrogens (primary N) is 1. The highest BCUT2D eigenvalue weighted by atomic mass is 32.2. The van der Waals surface area contributed by atoms with Crippen molar-refractivity contribution in [3.8, 4) is 10.4 Å². The normalized spacial score (nSPS) is 18.1. The predicted octanol–water partition coefficient (Wildman–Crippen LogP) is 4.89. The van der Waals surface area contributed by atoms with Crippen molar-refractivity contribution in [1.82, 2.24) is 20.1 Å². The van der Waals surface area contributed by atoms with Crippen LogP contribution in [0.2, 0.25) is 0 Å². The van der Waals surface area contributed by atoms with E-state index in [9.17, 15) is 13.2 Å². The average Bonchev–Trinajstić information content (AvgIpc) is 3.44. The van der Waals surface area contributed by atoms with Gasteiger partial charge in [0, 0.05) is 42.0 Å². The molecule has 0 bridgehead atoms. The van der Waals surface area contributed by atoms with Gasteiger partial charge >= 0.3 is 6.09 Å². The molecule has 0 aliphatic heterocycles. The molecule has 2 aromatic heterocycles. The molecule has 0 atom stereocenters. The molecule has 4 rings (SSSR count). The zero-order valence-corrected chi connectivity index (χ0v) is 23.2. The van der Waals surface area contributed by atoms with Crippen LogP contribution in [-0.4, -0.2) is 41.4 Å². The summed E-state index contributed by atoms with van der Waals surface area (Å²) in [5, 5.41) is 17.1. The van der Waals surface area contributed by atoms with Gasteiger partial charge in [-0.1, -0.05) is 6.07 Å². The summed E-state index contributed by atoms with van der Waals surface area (Å²) >= 11 is 1.51. The van der Waals surface area contributed by atoms with Gasteiger partial charge in [-0.05, 0) is 65.5 Å². The quantitative estimate of drug-likeness (QED) is 0.365. The molecule has 3 aromatic rings. The molecule has 1 aromatic carbocycles. The van der Waals surface area contributed by atoms with Crippen LogP contribution in [0.1, 0.15) is 63.1 Å². The van der Waals surface area contributed by atoms with E-state index in [0.717, 1.165) is 47.8 Å². The van der Waals surface area contributed by atoms with Crippen LogP contribution in [-0.2, 0) is 21.3 Å². The van der Waals surface area contributed by atoms with Crippen molar-refractivity contribution in [1.29, 1.82) is 0 Å². The van der Waals surface area contributed by atoms with E-state index in [4.69, 9.17) is 14.9 Å². The molecule has 12 heteroatoms. The number of rotatable bonds is 8. The first-order chi connectivity index (χ1) is 17.5. The Bertz CT molecular complexity index is 1360. The first kappa shape index (κ1) is 27.1. The number of sulfonamides is 1. The number of primary sulfonamides is 1. The maximum absolute atomic E-state index is 12.6. The van der Waals surface area contributed by atoms with Crippen molar-refractivity contribution in [3.05, 3.63) is 41.2 Å². The number of hydrogen-bond acceptors (Lipinski definition) is 8. The maximum atomic E-state index is 12.6. The van der Waals surface area contributed by atoms with Gasteiger partial charge in [0.1, 0.15) is 0 Å². The molecule has 200 valence electrons. The average molecular weight is 547 g/mol. The summed E-state index contributed by atoms with van der Waals surface area (Å²) in [5.41, 5.74) is 1.89. The van der Waals surface area contributed by atoms with E-state index in [1.54, 1.807) is 16.8 Å². The van der Waals surface area contributed by atoms with Crippen molar-refractivity contribution in [2.75, 3.05) is 5.32 Å². The summed E-state index contributed by atoms with van der Waals surface area (Å²) < 4.78 is 32.1. The fourth-order valence-corrected chi connectivity index (χ4v) is 6.62. The van der Waals surface area contributed by atoms with Crippen LogP contribution >= 0.6 is 11.3 Å². The highest BCUT2D eigenvalue weighted by molar-refractivity contribution is 7.89. The minimum absolute atomic E-state index is 0.0438. The summed E-state index contributed by atoms with van der Waals surface area (Å²) in [4.78, 5) is 17.6. The number of thiazole rings is 1. The lowest BCUT2D eigenvalue weighted by atomic mass is 9.86. The molecule has 1 aliphatic rings. The molecule has 0 unspecified atom stereocenters. The molecule has 0 radical (unpaired) electrons. The number of anilines is 2. The zero-order valence-electron chi connectivity index (χ0n) is 21.5. The number of aromatic nitrogens is 3. The number of aryl methyl sites for hydroxylation is 2. The number of nitrogens with one attached hydrogen (secondary N) is 2. The van der Waals surface area contributed by atoms with E-state index in [0.29, 0.717) is 17.1 Å². The van der Waals surface area contributed by atoms with Crippen LogP contribution in [0, 0.1) is 6.92 Å². The number of alkyl carbamates (subject to hydrolysis) is 1. The van der Waals surface area contributed by atoms with Crippen LogP contribution in [0.5, 0.6) is 0 Å². The van der Waals surface area contributed by atoms with Gasteiger partial charge in [0.05, 0.1) is 26.6 Å². The monoisotopic (exact) mass is 546 g/mol. The predicted molar refractivity (Wildman–Crippen MR) is 145 cm³/mol. The Morgan fingerprint density at radius 1 is 1.24 bits per heavy atom. The molecule has 1 aliphatic carbocycles. The van der Waals surface area contributed by atoms with E-state index < -0.39 is 10.0 Å². The third-order valence-electron chi connectivity index (χ3n) is 6.32. The molecule has 1 fully saturated rings. The van der Waals surface area contributed by atoms with Crippen molar-refractivity contribution in [2.45, 2.75) is 82.9 Å². The minimum Gasteiger partial charge on any atom is -0.447 e. The summed E-state index contributed by atoms with van der Waals surface area (Å²) in [7, 11) is -3.99. The lowest BCUT2D eigenvalue weighted by molar-refractivity contribution is 0.109. The second kappa shape index (κ2) is 11.2.